The number of hydrogen-bond donors (Lipinski definition) is 1. The zero-order valence-corrected chi connectivity index (χ0v) is 23.9. The first-order chi connectivity index (χ1) is 17.2. The number of halogens is 4. The molecule has 0 aromatic heterocycles. The van der Waals surface area contributed by atoms with Crippen LogP contribution in [0.15, 0.2) is 62.9 Å². The number of amidine groups is 1. The van der Waals surface area contributed by atoms with E-state index >= 15 is 0 Å². The molecule has 36 heavy (non-hydrogen) atoms. The van der Waals surface area contributed by atoms with Gasteiger partial charge in [0.1, 0.15) is 6.61 Å². The summed E-state index contributed by atoms with van der Waals surface area (Å²) >= 11 is 23.3. The third-order valence-corrected chi connectivity index (χ3v) is 7.62. The van der Waals surface area contributed by atoms with Gasteiger partial charge in [0.15, 0.2) is 16.7 Å². The molecule has 1 aliphatic rings. The second-order valence-electron chi connectivity index (χ2n) is 7.65. The van der Waals surface area contributed by atoms with E-state index in [1.165, 1.54) is 11.8 Å². The molecule has 5 nitrogen and oxygen atoms in total. The Balaban J connectivity index is 1.58. The highest BCUT2D eigenvalue weighted by Gasteiger charge is 2.24. The molecule has 10 heteroatoms. The smallest absolute Gasteiger partial charge is 0.264 e. The van der Waals surface area contributed by atoms with Crippen molar-refractivity contribution in [1.82, 2.24) is 5.32 Å². The maximum Gasteiger partial charge on any atom is 0.264 e. The Labute approximate surface area is 237 Å². The summed E-state index contributed by atoms with van der Waals surface area (Å²) in [6.07, 6.45) is 1.78. The fourth-order valence-electron chi connectivity index (χ4n) is 3.32. The number of carbonyl (C=O) groups is 1. The topological polar surface area (TPSA) is 59.9 Å². The quantitative estimate of drug-likeness (QED) is 0.267. The van der Waals surface area contributed by atoms with E-state index in [0.717, 1.165) is 16.7 Å². The third-order valence-electron chi connectivity index (χ3n) is 5.13. The molecule has 1 amide bonds. The fourth-order valence-corrected chi connectivity index (χ4v) is 5.36. The minimum Gasteiger partial charge on any atom is -0.490 e. The molecule has 0 spiro atoms. The molecule has 186 valence electrons. The van der Waals surface area contributed by atoms with Crippen LogP contribution in [0.3, 0.4) is 0 Å². The Bertz CT molecular complexity index is 1400. The van der Waals surface area contributed by atoms with Crippen LogP contribution >= 0.6 is 62.5 Å². The van der Waals surface area contributed by atoms with Crippen molar-refractivity contribution in [3.05, 3.63) is 89.7 Å². The first-order valence-electron chi connectivity index (χ1n) is 10.8. The Kier molecular flexibility index (Phi) is 8.91. The zero-order valence-electron chi connectivity index (χ0n) is 19.2. The Morgan fingerprint density at radius 3 is 2.64 bits per heavy atom. The van der Waals surface area contributed by atoms with Gasteiger partial charge in [-0.3, -0.25) is 4.79 Å². The van der Waals surface area contributed by atoms with Gasteiger partial charge in [-0.1, -0.05) is 46.9 Å². The molecule has 0 bridgehead atoms. The third kappa shape index (κ3) is 6.39. The van der Waals surface area contributed by atoms with E-state index in [1.807, 2.05) is 44.2 Å². The van der Waals surface area contributed by atoms with Crippen molar-refractivity contribution in [2.75, 3.05) is 6.61 Å². The minimum atomic E-state index is -0.231. The van der Waals surface area contributed by atoms with E-state index in [9.17, 15) is 4.79 Å². The summed E-state index contributed by atoms with van der Waals surface area (Å²) in [5, 5.41) is 4.99. The summed E-state index contributed by atoms with van der Waals surface area (Å²) in [4.78, 5) is 17.7. The van der Waals surface area contributed by atoms with Gasteiger partial charge in [-0.2, -0.15) is 0 Å². The largest absolute Gasteiger partial charge is 0.490 e. The summed E-state index contributed by atoms with van der Waals surface area (Å²) in [6.45, 7) is 4.45. The van der Waals surface area contributed by atoms with Crippen molar-refractivity contribution in [3.63, 3.8) is 0 Å². The van der Waals surface area contributed by atoms with Crippen molar-refractivity contribution in [1.29, 1.82) is 0 Å². The van der Waals surface area contributed by atoms with Crippen LogP contribution in [0, 0.1) is 6.92 Å². The lowest BCUT2D eigenvalue weighted by molar-refractivity contribution is -0.115. The number of aliphatic imine (C=N–C) groups is 1. The van der Waals surface area contributed by atoms with E-state index in [4.69, 9.17) is 44.3 Å². The molecule has 1 N–H and O–H groups in total. The summed E-state index contributed by atoms with van der Waals surface area (Å²) in [5.41, 5.74) is 3.11. The van der Waals surface area contributed by atoms with Crippen molar-refractivity contribution < 1.29 is 14.3 Å². The molecule has 1 heterocycles. The van der Waals surface area contributed by atoms with Crippen molar-refractivity contribution in [2.24, 2.45) is 4.99 Å². The monoisotopic (exact) mass is 624 g/mol. The van der Waals surface area contributed by atoms with E-state index < -0.39 is 0 Å². The number of amides is 1. The van der Waals surface area contributed by atoms with Gasteiger partial charge in [-0.05, 0) is 95.1 Å². The molecular formula is C26H20BrCl3N2O3S. The highest BCUT2D eigenvalue weighted by atomic mass is 79.9. The predicted octanol–water partition coefficient (Wildman–Crippen LogP) is 8.59. The molecule has 1 aliphatic heterocycles. The zero-order chi connectivity index (χ0) is 25.8. The van der Waals surface area contributed by atoms with E-state index in [1.54, 1.807) is 24.3 Å². The maximum atomic E-state index is 12.6. The number of thioether (sulfide) groups is 1. The van der Waals surface area contributed by atoms with Crippen LogP contribution in [-0.4, -0.2) is 17.7 Å². The first-order valence-corrected chi connectivity index (χ1v) is 13.6. The molecule has 4 rings (SSSR count). The number of nitrogens with zero attached hydrogens (tertiary/aromatic N) is 1. The van der Waals surface area contributed by atoms with Gasteiger partial charge in [0, 0.05) is 20.6 Å². The number of rotatable bonds is 7. The molecule has 1 saturated heterocycles. The van der Waals surface area contributed by atoms with Crippen LogP contribution in [0.1, 0.15) is 23.6 Å². The average molecular weight is 627 g/mol. The van der Waals surface area contributed by atoms with Gasteiger partial charge < -0.3 is 14.8 Å². The summed E-state index contributed by atoms with van der Waals surface area (Å²) in [6, 6.07) is 14.4. The fraction of sp³-hybridized carbons (Fsp3) is 0.154. The minimum absolute atomic E-state index is 0.231. The Morgan fingerprint density at radius 2 is 1.89 bits per heavy atom. The molecule has 3 aromatic carbocycles. The number of benzene rings is 3. The average Bonchev–Trinajstić information content (AvgIpc) is 3.16. The molecule has 0 aliphatic carbocycles. The standard InChI is InChI=1S/C26H20BrCl3N2O3S/c1-3-34-22-10-15(9-18(27)24(22)35-13-16-7-8-17(28)12-20(16)30)11-23-25(33)32-26(36-23)31-21-6-4-5-19(29)14(21)2/h4-12H,3,13H2,1-2H3,(H,31,32,33)/b23-11+. The lowest BCUT2D eigenvalue weighted by Crippen LogP contribution is -2.19. The number of hydrogen-bond acceptors (Lipinski definition) is 5. The van der Waals surface area contributed by atoms with Gasteiger partial charge in [0.05, 0.1) is 21.7 Å². The van der Waals surface area contributed by atoms with Crippen LogP contribution in [-0.2, 0) is 11.4 Å². The molecule has 0 unspecified atom stereocenters. The van der Waals surface area contributed by atoms with Crippen molar-refractivity contribution in [2.45, 2.75) is 20.5 Å². The molecule has 0 radical (unpaired) electrons. The molecule has 0 saturated carbocycles. The van der Waals surface area contributed by atoms with E-state index in [-0.39, 0.29) is 12.5 Å². The first kappa shape index (κ1) is 26.9. The SMILES string of the molecule is CCOc1cc(/C=C2/SC(=Nc3cccc(Cl)c3C)NC2=O)cc(Br)c1OCc1ccc(Cl)cc1Cl. The van der Waals surface area contributed by atoms with Crippen molar-refractivity contribution in [3.8, 4) is 11.5 Å². The molecule has 3 aromatic rings. The lowest BCUT2D eigenvalue weighted by atomic mass is 10.1. The molecule has 0 atom stereocenters. The lowest BCUT2D eigenvalue weighted by Gasteiger charge is -2.15. The van der Waals surface area contributed by atoms with E-state index in [2.05, 4.69) is 26.2 Å². The second-order valence-corrected chi connectivity index (χ2v) is 10.8. The van der Waals surface area contributed by atoms with Crippen LogP contribution in [0.2, 0.25) is 15.1 Å². The van der Waals surface area contributed by atoms with Gasteiger partial charge in [-0.25, -0.2) is 4.99 Å². The number of ether oxygens (including phenoxy) is 2. The maximum absolute atomic E-state index is 12.6. The van der Waals surface area contributed by atoms with Gasteiger partial charge in [0.2, 0.25) is 0 Å². The van der Waals surface area contributed by atoms with Crippen LogP contribution in [0.5, 0.6) is 11.5 Å². The van der Waals surface area contributed by atoms with Gasteiger partial charge >= 0.3 is 0 Å². The summed E-state index contributed by atoms with van der Waals surface area (Å²) < 4.78 is 12.6. The normalized spacial score (nSPS) is 15.4. The van der Waals surface area contributed by atoms with Crippen LogP contribution < -0.4 is 14.8 Å². The predicted molar refractivity (Wildman–Crippen MR) is 153 cm³/mol. The Hall–Kier alpha value is -2.16. The number of carbonyl (C=O) groups excluding carboxylic acids is 1. The Morgan fingerprint density at radius 1 is 1.08 bits per heavy atom. The second kappa shape index (κ2) is 11.9. The molecule has 1 fully saturated rings. The summed E-state index contributed by atoms with van der Waals surface area (Å²) in [7, 11) is 0. The molecular weight excluding hydrogens is 607 g/mol. The van der Waals surface area contributed by atoms with Gasteiger partial charge in [0.25, 0.3) is 5.91 Å². The van der Waals surface area contributed by atoms with E-state index in [0.29, 0.717) is 53.4 Å². The van der Waals surface area contributed by atoms with Gasteiger partial charge in [-0.15, -0.1) is 0 Å². The highest BCUT2D eigenvalue weighted by Crippen LogP contribution is 2.39. The van der Waals surface area contributed by atoms with Crippen LogP contribution in [0.4, 0.5) is 5.69 Å². The highest BCUT2D eigenvalue weighted by molar-refractivity contribution is 9.10. The van der Waals surface area contributed by atoms with Crippen molar-refractivity contribution >= 4 is 85.3 Å². The van der Waals surface area contributed by atoms with Crippen LogP contribution in [0.25, 0.3) is 6.08 Å². The summed E-state index contributed by atoms with van der Waals surface area (Å²) in [5.74, 6) is 0.841. The number of nitrogens with one attached hydrogen (secondary N) is 1.